The Balaban J connectivity index is 0.000000336. The smallest absolute Gasteiger partial charge is 0.306 e. The van der Waals surface area contributed by atoms with Crippen molar-refractivity contribution in [3.8, 4) is 17.6 Å². The molecule has 54 heavy (non-hydrogen) atoms. The molecule has 3 atom stereocenters. The average molecular weight is 734 g/mol. The van der Waals surface area contributed by atoms with E-state index >= 15 is 0 Å². The topological polar surface area (TPSA) is 106 Å². The van der Waals surface area contributed by atoms with Crippen LogP contribution in [0.15, 0.2) is 97.1 Å². The van der Waals surface area contributed by atoms with Gasteiger partial charge in [0.25, 0.3) is 0 Å². The summed E-state index contributed by atoms with van der Waals surface area (Å²) in [5.41, 5.74) is 6.00. The lowest BCUT2D eigenvalue weighted by atomic mass is 9.80. The molecule has 3 unspecified atom stereocenters. The molecule has 0 heterocycles. The number of ether oxygens (including phenoxy) is 2. The highest BCUT2D eigenvalue weighted by Crippen LogP contribution is 2.28. The monoisotopic (exact) mass is 733 g/mol. The Hall–Kier alpha value is -5.46. The van der Waals surface area contributed by atoms with Crippen molar-refractivity contribution < 1.29 is 28.2 Å². The maximum Gasteiger partial charge on any atom is 0.306 e. The summed E-state index contributed by atoms with van der Waals surface area (Å²) in [5.74, 6) is 6.30. The molecule has 1 fully saturated rings. The number of carbonyl (C=O) groups is 3. The van der Waals surface area contributed by atoms with Gasteiger partial charge in [-0.15, -0.1) is 0 Å². The van der Waals surface area contributed by atoms with Crippen LogP contribution in [0, 0.1) is 37.4 Å². The summed E-state index contributed by atoms with van der Waals surface area (Å²) >= 11 is 0. The molecule has 0 spiro atoms. The summed E-state index contributed by atoms with van der Waals surface area (Å²) in [7, 11) is 1.91. The van der Waals surface area contributed by atoms with Crippen LogP contribution in [0.25, 0.3) is 0 Å². The number of carbonyl (C=O) groups excluding carboxylic acids is 3. The Bertz CT molecular complexity index is 1850. The highest BCUT2D eigenvalue weighted by molar-refractivity contribution is 5.75. The zero-order valence-electron chi connectivity index (χ0n) is 31.8. The minimum Gasteiger partial charge on any atom is -0.494 e. The van der Waals surface area contributed by atoms with E-state index in [9.17, 15) is 18.8 Å². The fraction of sp³-hybridized carbons (Fsp3) is 0.356. The van der Waals surface area contributed by atoms with Gasteiger partial charge in [-0.05, 0) is 106 Å². The van der Waals surface area contributed by atoms with Crippen LogP contribution in [0.5, 0.6) is 5.75 Å². The first kappa shape index (κ1) is 41.3. The second-order valence-electron chi connectivity index (χ2n) is 13.8. The molecule has 9 heteroatoms. The van der Waals surface area contributed by atoms with Crippen LogP contribution in [-0.4, -0.2) is 43.5 Å². The lowest BCUT2D eigenvalue weighted by molar-refractivity contribution is -0.146. The highest BCUT2D eigenvalue weighted by atomic mass is 19.1. The molecule has 8 nitrogen and oxygen atoms in total. The molecule has 284 valence electrons. The van der Waals surface area contributed by atoms with Crippen molar-refractivity contribution in [2.45, 2.75) is 84.5 Å². The van der Waals surface area contributed by atoms with Crippen LogP contribution in [0.4, 0.5) is 4.39 Å². The van der Waals surface area contributed by atoms with Crippen molar-refractivity contribution >= 4 is 17.8 Å². The second kappa shape index (κ2) is 21.9. The van der Waals surface area contributed by atoms with Gasteiger partial charge < -0.3 is 25.4 Å². The van der Waals surface area contributed by atoms with Crippen molar-refractivity contribution in [1.29, 1.82) is 0 Å². The number of hydrogen-bond acceptors (Lipinski definition) is 6. The first-order valence-corrected chi connectivity index (χ1v) is 18.5. The highest BCUT2D eigenvalue weighted by Gasteiger charge is 2.30. The quantitative estimate of drug-likeness (QED) is 0.0756. The molecule has 0 bridgehead atoms. The Kier molecular flexibility index (Phi) is 16.8. The predicted molar refractivity (Wildman–Crippen MR) is 210 cm³/mol. The van der Waals surface area contributed by atoms with Crippen LogP contribution in [0.2, 0.25) is 0 Å². The summed E-state index contributed by atoms with van der Waals surface area (Å²) < 4.78 is 24.1. The Labute approximate surface area is 319 Å². The molecule has 1 aliphatic rings. The number of amides is 2. The van der Waals surface area contributed by atoms with Gasteiger partial charge in [-0.1, -0.05) is 77.6 Å². The van der Waals surface area contributed by atoms with Crippen molar-refractivity contribution in [1.82, 2.24) is 16.0 Å². The van der Waals surface area contributed by atoms with E-state index in [0.29, 0.717) is 43.7 Å². The van der Waals surface area contributed by atoms with Crippen molar-refractivity contribution in [2.75, 3.05) is 13.7 Å². The molecule has 0 radical (unpaired) electrons. The maximum atomic E-state index is 12.9. The van der Waals surface area contributed by atoms with Crippen molar-refractivity contribution in [3.05, 3.63) is 136 Å². The Morgan fingerprint density at radius 3 is 2.11 bits per heavy atom. The first-order valence-electron chi connectivity index (χ1n) is 18.5. The molecule has 1 saturated carbocycles. The Morgan fingerprint density at radius 2 is 1.44 bits per heavy atom. The number of benzene rings is 4. The zero-order valence-corrected chi connectivity index (χ0v) is 31.8. The molecule has 0 saturated heterocycles. The maximum absolute atomic E-state index is 12.9. The number of esters is 1. The van der Waals surface area contributed by atoms with Gasteiger partial charge in [0.05, 0.1) is 6.61 Å². The molecule has 1 aliphatic carbocycles. The molecule has 0 aromatic heterocycles. The third-order valence-corrected chi connectivity index (χ3v) is 9.05. The molecule has 0 aliphatic heterocycles. The predicted octanol–water partition coefficient (Wildman–Crippen LogP) is 7.33. The fourth-order valence-corrected chi connectivity index (χ4v) is 6.15. The van der Waals surface area contributed by atoms with Crippen molar-refractivity contribution in [2.24, 2.45) is 5.92 Å². The van der Waals surface area contributed by atoms with E-state index in [0.717, 1.165) is 36.0 Å². The van der Waals surface area contributed by atoms with Gasteiger partial charge in [-0.25, -0.2) is 4.39 Å². The van der Waals surface area contributed by atoms with E-state index in [1.54, 1.807) is 12.1 Å². The molecule has 3 N–H and O–H groups in total. The molecule has 4 aromatic carbocycles. The van der Waals surface area contributed by atoms with Gasteiger partial charge in [-0.3, -0.25) is 14.4 Å². The van der Waals surface area contributed by atoms with E-state index < -0.39 is 0 Å². The van der Waals surface area contributed by atoms with Crippen LogP contribution in [0.1, 0.15) is 78.8 Å². The molecular formula is C45H52FN3O5. The minimum atomic E-state index is -0.254. The first-order chi connectivity index (χ1) is 26.0. The minimum absolute atomic E-state index is 0.00618. The van der Waals surface area contributed by atoms with Crippen LogP contribution < -0.4 is 20.7 Å². The number of aryl methyl sites for hydroxylation is 2. The van der Waals surface area contributed by atoms with E-state index in [1.165, 1.54) is 30.2 Å². The number of nitrogens with one attached hydrogen (secondary N) is 3. The summed E-state index contributed by atoms with van der Waals surface area (Å²) in [6.07, 6.45) is 3.92. The molecule has 4 aromatic rings. The number of rotatable bonds is 13. The third-order valence-electron chi connectivity index (χ3n) is 9.05. The largest absolute Gasteiger partial charge is 0.494 e. The molecular weight excluding hydrogens is 682 g/mol. The SMILES string of the molecule is CNC1CC(CC(=O)OCc2ccc(OCCCC(=O)NCc3ccc(C)cc3)cc2)CC(NC(C)=O)C1.Cc1ccc(C#Cc2cccc(F)c2)cc1. The van der Waals surface area contributed by atoms with Crippen LogP contribution in [0.3, 0.4) is 0 Å². The van der Waals surface area contributed by atoms with E-state index in [-0.39, 0.29) is 48.2 Å². The van der Waals surface area contributed by atoms with Crippen molar-refractivity contribution in [3.63, 3.8) is 0 Å². The lowest BCUT2D eigenvalue weighted by Gasteiger charge is -2.34. The summed E-state index contributed by atoms with van der Waals surface area (Å²) in [4.78, 5) is 36.0. The lowest BCUT2D eigenvalue weighted by Crippen LogP contribution is -2.45. The standard InChI is InChI=1S/C30H41N3O5.C15H11F/c1-21-6-8-23(9-7-21)19-32-29(35)5-4-14-37-28-12-10-24(11-13-28)20-38-30(36)17-25-15-26(31-3)18-27(16-25)33-22(2)34;1-12-5-7-13(8-6-12)9-10-14-3-2-4-15(16)11-14/h6-13,25-27,31H,4-5,14-20H2,1-3H3,(H,32,35)(H,33,34);2-8,11H,1H3. The third kappa shape index (κ3) is 15.6. The number of halogens is 1. The van der Waals surface area contributed by atoms with E-state index in [2.05, 4.69) is 27.8 Å². The van der Waals surface area contributed by atoms with Gasteiger partial charge in [0.1, 0.15) is 18.2 Å². The average Bonchev–Trinajstić information content (AvgIpc) is 3.15. The van der Waals surface area contributed by atoms with Gasteiger partial charge in [-0.2, -0.15) is 0 Å². The normalized spacial score (nSPS) is 16.1. The zero-order chi connectivity index (χ0) is 38.7. The van der Waals surface area contributed by atoms with E-state index in [4.69, 9.17) is 9.47 Å². The van der Waals surface area contributed by atoms with Crippen LogP contribution >= 0.6 is 0 Å². The van der Waals surface area contributed by atoms with Gasteiger partial charge in [0.2, 0.25) is 11.8 Å². The fourth-order valence-electron chi connectivity index (χ4n) is 6.15. The second-order valence-corrected chi connectivity index (χ2v) is 13.8. The van der Waals surface area contributed by atoms with Gasteiger partial charge in [0, 0.05) is 49.5 Å². The number of hydrogen-bond donors (Lipinski definition) is 3. The Morgan fingerprint density at radius 1 is 0.796 bits per heavy atom. The van der Waals surface area contributed by atoms with E-state index in [1.807, 2.05) is 93.7 Å². The van der Waals surface area contributed by atoms with Crippen LogP contribution in [-0.2, 0) is 32.3 Å². The van der Waals surface area contributed by atoms with Gasteiger partial charge >= 0.3 is 5.97 Å². The molecule has 5 rings (SSSR count). The summed E-state index contributed by atoms with van der Waals surface area (Å²) in [6.45, 7) is 6.77. The van der Waals surface area contributed by atoms with Gasteiger partial charge in [0.15, 0.2) is 0 Å². The summed E-state index contributed by atoms with van der Waals surface area (Å²) in [5, 5.41) is 9.19. The summed E-state index contributed by atoms with van der Waals surface area (Å²) in [6, 6.07) is 30.1. The molecule has 2 amide bonds.